The molecule has 0 aliphatic carbocycles. The minimum atomic E-state index is 0.183. The van der Waals surface area contributed by atoms with E-state index >= 15 is 0 Å². The molecule has 0 saturated carbocycles. The van der Waals surface area contributed by atoms with E-state index in [4.69, 9.17) is 11.6 Å². The van der Waals surface area contributed by atoms with Crippen LogP contribution in [0.5, 0.6) is 0 Å². The van der Waals surface area contributed by atoms with Crippen LogP contribution in [0.25, 0.3) is 0 Å². The van der Waals surface area contributed by atoms with Gasteiger partial charge in [0, 0.05) is 37.7 Å². The van der Waals surface area contributed by atoms with Gasteiger partial charge in [0.05, 0.1) is 6.42 Å². The molecular weight excluding hydrogens is 272 g/mol. The van der Waals surface area contributed by atoms with Gasteiger partial charge in [0.25, 0.3) is 0 Å². The first-order valence-corrected chi connectivity index (χ1v) is 7.67. The number of piperazine rings is 1. The molecular formula is C16H23ClN2O. The molecule has 0 unspecified atom stereocenters. The topological polar surface area (TPSA) is 23.6 Å². The number of benzene rings is 1. The van der Waals surface area contributed by atoms with Crippen LogP contribution in [-0.2, 0) is 11.2 Å². The number of nitrogens with zero attached hydrogens (tertiary/aromatic N) is 2. The van der Waals surface area contributed by atoms with Crippen molar-refractivity contribution in [2.24, 2.45) is 5.92 Å². The van der Waals surface area contributed by atoms with E-state index in [1.165, 1.54) is 0 Å². The lowest BCUT2D eigenvalue weighted by atomic mass is 10.1. The number of amides is 1. The summed E-state index contributed by atoms with van der Waals surface area (Å²) in [5.41, 5.74) is 0.920. The Morgan fingerprint density at radius 2 is 1.85 bits per heavy atom. The maximum Gasteiger partial charge on any atom is 0.227 e. The summed E-state index contributed by atoms with van der Waals surface area (Å²) in [6.45, 7) is 9.20. The Bertz CT molecular complexity index is 454. The molecule has 1 aliphatic heterocycles. The van der Waals surface area contributed by atoms with Crippen LogP contribution < -0.4 is 0 Å². The summed E-state index contributed by atoms with van der Waals surface area (Å²) in [7, 11) is 0. The first-order chi connectivity index (χ1) is 9.56. The summed E-state index contributed by atoms with van der Waals surface area (Å²) in [5, 5.41) is 0.680. The van der Waals surface area contributed by atoms with Crippen LogP contribution in [0.2, 0.25) is 5.02 Å². The summed E-state index contributed by atoms with van der Waals surface area (Å²) in [5.74, 6) is 0.864. The van der Waals surface area contributed by atoms with Gasteiger partial charge in [0.2, 0.25) is 5.91 Å². The average Bonchev–Trinajstić information content (AvgIpc) is 2.41. The predicted octanol–water partition coefficient (Wildman–Crippen LogP) is 2.68. The number of hydrogen-bond donors (Lipinski definition) is 0. The predicted molar refractivity (Wildman–Crippen MR) is 83.0 cm³/mol. The molecule has 0 aromatic heterocycles. The van der Waals surface area contributed by atoms with Gasteiger partial charge in [0.1, 0.15) is 0 Å². The molecule has 0 N–H and O–H groups in total. The monoisotopic (exact) mass is 294 g/mol. The Kier molecular flexibility index (Phi) is 5.44. The fourth-order valence-electron chi connectivity index (χ4n) is 2.61. The smallest absolute Gasteiger partial charge is 0.227 e. The normalized spacial score (nSPS) is 16.7. The van der Waals surface area contributed by atoms with Crippen LogP contribution >= 0.6 is 11.6 Å². The van der Waals surface area contributed by atoms with Crippen molar-refractivity contribution < 1.29 is 4.79 Å². The fraction of sp³-hybridized carbons (Fsp3) is 0.562. The van der Waals surface area contributed by atoms with Crippen LogP contribution in [0.4, 0.5) is 0 Å². The van der Waals surface area contributed by atoms with Crippen molar-refractivity contribution in [2.45, 2.75) is 20.3 Å². The van der Waals surface area contributed by atoms with Gasteiger partial charge >= 0.3 is 0 Å². The molecule has 1 fully saturated rings. The Labute approximate surface area is 126 Å². The molecule has 0 spiro atoms. The van der Waals surface area contributed by atoms with Gasteiger partial charge in [-0.3, -0.25) is 9.69 Å². The zero-order chi connectivity index (χ0) is 14.5. The summed E-state index contributed by atoms with van der Waals surface area (Å²) >= 11 is 6.11. The van der Waals surface area contributed by atoms with E-state index in [-0.39, 0.29) is 5.91 Å². The first-order valence-electron chi connectivity index (χ1n) is 7.30. The van der Waals surface area contributed by atoms with Crippen molar-refractivity contribution in [3.05, 3.63) is 34.9 Å². The zero-order valence-electron chi connectivity index (χ0n) is 12.3. The van der Waals surface area contributed by atoms with Crippen molar-refractivity contribution >= 4 is 17.5 Å². The fourth-order valence-corrected chi connectivity index (χ4v) is 2.82. The summed E-state index contributed by atoms with van der Waals surface area (Å²) in [6, 6.07) is 7.58. The van der Waals surface area contributed by atoms with E-state index in [1.807, 2.05) is 29.2 Å². The minimum absolute atomic E-state index is 0.183. The first kappa shape index (κ1) is 15.3. The zero-order valence-corrected chi connectivity index (χ0v) is 13.1. The third-order valence-electron chi connectivity index (χ3n) is 3.65. The lowest BCUT2D eigenvalue weighted by Gasteiger charge is -2.35. The third-order valence-corrected chi connectivity index (χ3v) is 4.02. The van der Waals surface area contributed by atoms with Crippen molar-refractivity contribution in [1.29, 1.82) is 0 Å². The number of halogens is 1. The highest BCUT2D eigenvalue weighted by Gasteiger charge is 2.21. The van der Waals surface area contributed by atoms with Crippen molar-refractivity contribution in [3.63, 3.8) is 0 Å². The Hall–Kier alpha value is -1.06. The SMILES string of the molecule is CC(C)CN1CCN(C(=O)Cc2ccccc2Cl)CC1. The highest BCUT2D eigenvalue weighted by molar-refractivity contribution is 6.31. The minimum Gasteiger partial charge on any atom is -0.340 e. The van der Waals surface area contributed by atoms with Gasteiger partial charge in [0.15, 0.2) is 0 Å². The van der Waals surface area contributed by atoms with Gasteiger partial charge < -0.3 is 4.90 Å². The molecule has 0 radical (unpaired) electrons. The van der Waals surface area contributed by atoms with Crippen LogP contribution in [0.15, 0.2) is 24.3 Å². The van der Waals surface area contributed by atoms with Gasteiger partial charge in [-0.25, -0.2) is 0 Å². The van der Waals surface area contributed by atoms with Crippen molar-refractivity contribution in [1.82, 2.24) is 9.80 Å². The number of carbonyl (C=O) groups excluding carboxylic acids is 1. The lowest BCUT2D eigenvalue weighted by molar-refractivity contribution is -0.132. The average molecular weight is 295 g/mol. The molecule has 1 aromatic rings. The highest BCUT2D eigenvalue weighted by atomic mass is 35.5. The second kappa shape index (κ2) is 7.09. The highest BCUT2D eigenvalue weighted by Crippen LogP contribution is 2.16. The maximum atomic E-state index is 12.3. The van der Waals surface area contributed by atoms with E-state index < -0.39 is 0 Å². The van der Waals surface area contributed by atoms with E-state index in [0.29, 0.717) is 17.4 Å². The van der Waals surface area contributed by atoms with E-state index in [9.17, 15) is 4.79 Å². The van der Waals surface area contributed by atoms with Crippen molar-refractivity contribution in [3.8, 4) is 0 Å². The van der Waals surface area contributed by atoms with E-state index in [2.05, 4.69) is 18.7 Å². The van der Waals surface area contributed by atoms with Gasteiger partial charge in [-0.05, 0) is 17.5 Å². The Morgan fingerprint density at radius 3 is 2.45 bits per heavy atom. The Balaban J connectivity index is 1.85. The van der Waals surface area contributed by atoms with Gasteiger partial charge in [-0.1, -0.05) is 43.6 Å². The van der Waals surface area contributed by atoms with Crippen LogP contribution in [-0.4, -0.2) is 48.4 Å². The molecule has 110 valence electrons. The quantitative estimate of drug-likeness (QED) is 0.852. The molecule has 0 bridgehead atoms. The maximum absolute atomic E-state index is 12.3. The summed E-state index contributed by atoms with van der Waals surface area (Å²) in [4.78, 5) is 16.7. The Morgan fingerprint density at radius 1 is 1.20 bits per heavy atom. The summed E-state index contributed by atoms with van der Waals surface area (Å²) in [6.07, 6.45) is 0.407. The molecule has 1 aliphatic rings. The van der Waals surface area contributed by atoms with Gasteiger partial charge in [-0.2, -0.15) is 0 Å². The second-order valence-electron chi connectivity index (χ2n) is 5.84. The number of hydrogen-bond acceptors (Lipinski definition) is 2. The molecule has 3 nitrogen and oxygen atoms in total. The number of rotatable bonds is 4. The van der Waals surface area contributed by atoms with Crippen LogP contribution in [0.3, 0.4) is 0 Å². The molecule has 1 aromatic carbocycles. The molecule has 1 amide bonds. The third kappa shape index (κ3) is 4.22. The molecule has 1 saturated heterocycles. The second-order valence-corrected chi connectivity index (χ2v) is 6.25. The molecule has 20 heavy (non-hydrogen) atoms. The van der Waals surface area contributed by atoms with Crippen LogP contribution in [0.1, 0.15) is 19.4 Å². The standard InChI is InChI=1S/C16H23ClN2O/c1-13(2)12-18-7-9-19(10-8-18)16(20)11-14-5-3-4-6-15(14)17/h3-6,13H,7-12H2,1-2H3. The molecule has 4 heteroatoms. The molecule has 2 rings (SSSR count). The van der Waals surface area contributed by atoms with Gasteiger partial charge in [-0.15, -0.1) is 0 Å². The molecule has 0 atom stereocenters. The van der Waals surface area contributed by atoms with Crippen molar-refractivity contribution in [2.75, 3.05) is 32.7 Å². The largest absolute Gasteiger partial charge is 0.340 e. The molecule has 1 heterocycles. The lowest BCUT2D eigenvalue weighted by Crippen LogP contribution is -2.49. The summed E-state index contributed by atoms with van der Waals surface area (Å²) < 4.78 is 0. The van der Waals surface area contributed by atoms with Crippen LogP contribution in [0, 0.1) is 5.92 Å². The number of carbonyl (C=O) groups is 1. The van der Waals surface area contributed by atoms with E-state index in [0.717, 1.165) is 38.3 Å². The van der Waals surface area contributed by atoms with E-state index in [1.54, 1.807) is 0 Å².